The van der Waals surface area contributed by atoms with E-state index in [0.29, 0.717) is 44.3 Å². The normalized spacial score (nSPS) is 24.9. The van der Waals surface area contributed by atoms with Crippen LogP contribution >= 0.6 is 0 Å². The van der Waals surface area contributed by atoms with E-state index < -0.39 is 17.9 Å². The van der Waals surface area contributed by atoms with Crippen LogP contribution in [0.15, 0.2) is 48.5 Å². The number of carbonyl (C=O) groups is 4. The second kappa shape index (κ2) is 10.6. The minimum Gasteiger partial charge on any atom is -0.421 e. The smallest absolute Gasteiger partial charge is 0.409 e. The molecule has 3 amide bonds. The molecule has 3 atom stereocenters. The first-order chi connectivity index (χ1) is 18.3. The van der Waals surface area contributed by atoms with Crippen molar-refractivity contribution in [2.45, 2.75) is 57.3 Å². The highest BCUT2D eigenvalue weighted by atomic mass is 16.6. The molecule has 2 aromatic carbocycles. The van der Waals surface area contributed by atoms with Crippen molar-refractivity contribution >= 4 is 23.7 Å². The summed E-state index contributed by atoms with van der Waals surface area (Å²) in [7, 11) is 0. The van der Waals surface area contributed by atoms with Gasteiger partial charge in [0.15, 0.2) is 5.78 Å². The number of ketones is 1. The zero-order valence-electron chi connectivity index (χ0n) is 21.9. The first-order valence-electron chi connectivity index (χ1n) is 13.3. The molecule has 3 saturated heterocycles. The highest BCUT2D eigenvalue weighted by Crippen LogP contribution is 2.40. The van der Waals surface area contributed by atoms with Gasteiger partial charge in [0.1, 0.15) is 0 Å². The number of rotatable bonds is 7. The molecule has 3 unspecified atom stereocenters. The van der Waals surface area contributed by atoms with E-state index in [2.05, 4.69) is 10.6 Å². The zero-order chi connectivity index (χ0) is 26.9. The zero-order valence-corrected chi connectivity index (χ0v) is 21.9. The molecule has 9 nitrogen and oxygen atoms in total. The number of nitrogens with zero attached hydrogens (tertiary/aromatic N) is 2. The topological polar surface area (TPSA) is 108 Å². The number of aryl methyl sites for hydroxylation is 2. The van der Waals surface area contributed by atoms with Crippen LogP contribution in [0.5, 0.6) is 0 Å². The average molecular weight is 519 g/mol. The van der Waals surface area contributed by atoms with Gasteiger partial charge in [0, 0.05) is 50.1 Å². The number of amides is 3. The molecule has 200 valence electrons. The summed E-state index contributed by atoms with van der Waals surface area (Å²) in [5, 5.41) is 6.19. The van der Waals surface area contributed by atoms with E-state index in [1.807, 2.05) is 56.3 Å². The number of piperazine rings is 1. The summed E-state index contributed by atoms with van der Waals surface area (Å²) in [6.45, 7) is 5.24. The van der Waals surface area contributed by atoms with Gasteiger partial charge in [0.25, 0.3) is 0 Å². The molecule has 0 radical (unpaired) electrons. The van der Waals surface area contributed by atoms with Crippen LogP contribution in [0.1, 0.15) is 52.7 Å². The highest BCUT2D eigenvalue weighted by Gasteiger charge is 2.53. The average Bonchev–Trinajstić information content (AvgIpc) is 3.47. The maximum absolute atomic E-state index is 13.2. The molecule has 0 aliphatic carbocycles. The fourth-order valence-electron chi connectivity index (χ4n) is 6.12. The van der Waals surface area contributed by atoms with E-state index in [1.165, 1.54) is 0 Å². The molecule has 5 rings (SSSR count). The highest BCUT2D eigenvalue weighted by molar-refractivity contribution is 6.04. The maximum Gasteiger partial charge on any atom is 0.409 e. The van der Waals surface area contributed by atoms with Crippen LogP contribution in [0.25, 0.3) is 0 Å². The van der Waals surface area contributed by atoms with Gasteiger partial charge in [0.05, 0.1) is 12.1 Å². The number of alkyl carbamates (subject to hydrolysis) is 1. The van der Waals surface area contributed by atoms with Crippen molar-refractivity contribution in [2.24, 2.45) is 0 Å². The van der Waals surface area contributed by atoms with Gasteiger partial charge < -0.3 is 19.9 Å². The van der Waals surface area contributed by atoms with Gasteiger partial charge in [-0.1, -0.05) is 48.5 Å². The molecule has 38 heavy (non-hydrogen) atoms. The number of nitrogens with one attached hydrogen (secondary N) is 2. The summed E-state index contributed by atoms with van der Waals surface area (Å²) in [5.74, 6) is -0.111. The molecular weight excluding hydrogens is 484 g/mol. The molecule has 0 saturated carbocycles. The molecule has 0 spiro atoms. The third-order valence-electron chi connectivity index (χ3n) is 8.00. The minimum atomic E-state index is -1.17. The Morgan fingerprint density at radius 2 is 1.71 bits per heavy atom. The molecule has 0 bridgehead atoms. The number of benzene rings is 2. The molecule has 3 aliphatic rings. The number of carbonyl (C=O) groups excluding carboxylic acids is 4. The van der Waals surface area contributed by atoms with Crippen molar-refractivity contribution in [3.8, 4) is 0 Å². The summed E-state index contributed by atoms with van der Waals surface area (Å²) in [5.41, 5.74) is 2.09. The van der Waals surface area contributed by atoms with E-state index in [4.69, 9.17) is 4.74 Å². The van der Waals surface area contributed by atoms with Crippen LogP contribution in [0.3, 0.4) is 0 Å². The maximum atomic E-state index is 13.2. The molecule has 2 aromatic rings. The molecule has 0 aromatic heterocycles. The van der Waals surface area contributed by atoms with E-state index in [1.54, 1.807) is 15.9 Å². The lowest BCUT2D eigenvalue weighted by Gasteiger charge is -2.47. The quantitative estimate of drug-likeness (QED) is 0.546. The monoisotopic (exact) mass is 518 g/mol. The van der Waals surface area contributed by atoms with Crippen LogP contribution in [-0.4, -0.2) is 71.8 Å². The van der Waals surface area contributed by atoms with Crippen molar-refractivity contribution in [3.63, 3.8) is 0 Å². The van der Waals surface area contributed by atoms with Crippen LogP contribution in [0.2, 0.25) is 0 Å². The molecule has 9 heteroatoms. The van der Waals surface area contributed by atoms with Gasteiger partial charge >= 0.3 is 6.09 Å². The van der Waals surface area contributed by atoms with Crippen LogP contribution in [0, 0.1) is 13.8 Å². The largest absolute Gasteiger partial charge is 0.421 e. The first kappa shape index (κ1) is 25.9. The predicted molar refractivity (Wildman–Crippen MR) is 140 cm³/mol. The standard InChI is InChI=1S/C29H34N4O5/c1-19-7-3-5-9-21(19)27(36)23-11-13-25(34)32(23)17-15-30-28(37)38-29(22-10-6-4-8-20(22)2)24-12-14-26(35)33(24)18-16-31-29/h3-10,23-24,31H,11-18H2,1-2H3,(H,30,37). The lowest BCUT2D eigenvalue weighted by molar-refractivity contribution is -0.142. The Bertz CT molecular complexity index is 1260. The van der Waals surface area contributed by atoms with Gasteiger partial charge in [0.2, 0.25) is 17.5 Å². The molecular formula is C29H34N4O5. The Balaban J connectivity index is 1.28. The Hall–Kier alpha value is -3.72. The van der Waals surface area contributed by atoms with Crippen molar-refractivity contribution in [1.82, 2.24) is 20.4 Å². The van der Waals surface area contributed by atoms with Crippen molar-refractivity contribution < 1.29 is 23.9 Å². The van der Waals surface area contributed by atoms with Crippen molar-refractivity contribution in [2.75, 3.05) is 26.2 Å². The Morgan fingerprint density at radius 3 is 2.47 bits per heavy atom. The van der Waals surface area contributed by atoms with E-state index in [9.17, 15) is 19.2 Å². The number of ether oxygens (including phenoxy) is 1. The summed E-state index contributed by atoms with van der Waals surface area (Å²) in [4.78, 5) is 54.9. The fourth-order valence-corrected chi connectivity index (χ4v) is 6.12. The number of Topliss-reactive ketones (excluding diaryl/α,β-unsaturated/α-hetero) is 1. The summed E-state index contributed by atoms with van der Waals surface area (Å²) < 4.78 is 6.13. The summed E-state index contributed by atoms with van der Waals surface area (Å²) >= 11 is 0. The van der Waals surface area contributed by atoms with Crippen molar-refractivity contribution in [1.29, 1.82) is 0 Å². The second-order valence-corrected chi connectivity index (χ2v) is 10.3. The summed E-state index contributed by atoms with van der Waals surface area (Å²) in [6.07, 6.45) is 1.12. The number of hydrogen-bond donors (Lipinski definition) is 2. The molecule has 3 aliphatic heterocycles. The predicted octanol–water partition coefficient (Wildman–Crippen LogP) is 2.65. The van der Waals surface area contributed by atoms with Gasteiger partial charge in [-0.15, -0.1) is 0 Å². The molecule has 3 heterocycles. The minimum absolute atomic E-state index is 0.0652. The van der Waals surface area contributed by atoms with Gasteiger partial charge in [-0.05, 0) is 37.8 Å². The Kier molecular flexibility index (Phi) is 7.21. The third kappa shape index (κ3) is 4.67. The van der Waals surface area contributed by atoms with Gasteiger partial charge in [-0.2, -0.15) is 0 Å². The summed E-state index contributed by atoms with van der Waals surface area (Å²) in [6, 6.07) is 14.2. The SMILES string of the molecule is Cc1ccccc1C(=O)C1CCC(=O)N1CCNC(=O)OC1(c2ccccc2C)NCCN2C(=O)CCC21. The lowest BCUT2D eigenvalue weighted by atomic mass is 9.88. The lowest BCUT2D eigenvalue weighted by Crippen LogP contribution is -2.66. The third-order valence-corrected chi connectivity index (χ3v) is 8.00. The van der Waals surface area contributed by atoms with Crippen LogP contribution in [0.4, 0.5) is 4.79 Å². The number of likely N-dealkylation sites (tertiary alicyclic amines) is 1. The second-order valence-electron chi connectivity index (χ2n) is 10.3. The van der Waals surface area contributed by atoms with Gasteiger partial charge in [-0.3, -0.25) is 19.7 Å². The Labute approximate surface area is 222 Å². The van der Waals surface area contributed by atoms with Crippen LogP contribution in [-0.2, 0) is 20.1 Å². The van der Waals surface area contributed by atoms with E-state index in [-0.39, 0.29) is 36.7 Å². The van der Waals surface area contributed by atoms with Crippen LogP contribution < -0.4 is 10.6 Å². The number of fused-ring (bicyclic) bond motifs is 1. The molecule has 3 fully saturated rings. The van der Waals surface area contributed by atoms with Gasteiger partial charge in [-0.25, -0.2) is 4.79 Å². The Morgan fingerprint density at radius 1 is 1.00 bits per heavy atom. The molecule has 2 N–H and O–H groups in total. The van der Waals surface area contributed by atoms with E-state index >= 15 is 0 Å². The first-order valence-corrected chi connectivity index (χ1v) is 13.3. The van der Waals surface area contributed by atoms with E-state index in [0.717, 1.165) is 16.7 Å². The van der Waals surface area contributed by atoms with Crippen molar-refractivity contribution in [3.05, 3.63) is 70.8 Å². The fraction of sp³-hybridized carbons (Fsp3) is 0.448. The number of hydrogen-bond acceptors (Lipinski definition) is 6.